The maximum Gasteiger partial charge on any atom is 0.182 e. The summed E-state index contributed by atoms with van der Waals surface area (Å²) < 4.78 is 18.3. The molecule has 0 aliphatic carbocycles. The second-order valence-electron chi connectivity index (χ2n) is 8.72. The number of hydrogen-bond donors (Lipinski definition) is 2. The van der Waals surface area contributed by atoms with Crippen LogP contribution in [0.15, 0.2) is 29.0 Å². The number of nitrogens with one attached hydrogen (secondary N) is 1. The van der Waals surface area contributed by atoms with Gasteiger partial charge in [-0.3, -0.25) is 0 Å². The predicted molar refractivity (Wildman–Crippen MR) is 122 cm³/mol. The quantitative estimate of drug-likeness (QED) is 0.457. The molecule has 1 atom stereocenters. The average Bonchev–Trinajstić information content (AvgIpc) is 3.52. The molecule has 7 rings (SSSR count). The molecule has 1 aromatic carbocycles. The fraction of sp³-hybridized carbons (Fsp3) is 0.348. The van der Waals surface area contributed by atoms with Gasteiger partial charge in [0.15, 0.2) is 11.9 Å². The lowest BCUT2D eigenvalue weighted by Crippen LogP contribution is -2.45. The van der Waals surface area contributed by atoms with E-state index >= 15 is 0 Å². The largest absolute Gasteiger partial charge is 0.481 e. The molecular formula is C23H19ClN4O4S. The summed E-state index contributed by atoms with van der Waals surface area (Å²) in [5, 5.41) is 19.0. The average molecular weight is 483 g/mol. The van der Waals surface area contributed by atoms with Crippen molar-refractivity contribution in [3.05, 3.63) is 57.0 Å². The van der Waals surface area contributed by atoms with Gasteiger partial charge in [-0.15, -0.1) is 11.3 Å². The van der Waals surface area contributed by atoms with E-state index in [1.54, 1.807) is 0 Å². The van der Waals surface area contributed by atoms with Crippen LogP contribution in [0.1, 0.15) is 33.6 Å². The lowest BCUT2D eigenvalue weighted by atomic mass is 10.00. The fourth-order valence-corrected chi connectivity index (χ4v) is 6.19. The Hall–Kier alpha value is -2.56. The summed E-state index contributed by atoms with van der Waals surface area (Å²) in [6, 6.07) is 5.73. The first-order chi connectivity index (χ1) is 16.1. The van der Waals surface area contributed by atoms with Gasteiger partial charge >= 0.3 is 0 Å². The van der Waals surface area contributed by atoms with E-state index in [9.17, 15) is 5.11 Å². The summed E-state index contributed by atoms with van der Waals surface area (Å²) in [6.07, 6.45) is 2.77. The Kier molecular flexibility index (Phi) is 4.35. The Bertz CT molecular complexity index is 1410. The zero-order valence-corrected chi connectivity index (χ0v) is 19.0. The van der Waals surface area contributed by atoms with E-state index in [0.29, 0.717) is 11.4 Å². The topological polar surface area (TPSA) is 103 Å². The number of thiophene rings is 1. The third-order valence-electron chi connectivity index (χ3n) is 6.54. The Labute approximate surface area is 197 Å². The van der Waals surface area contributed by atoms with Crippen molar-refractivity contribution in [3.8, 4) is 17.0 Å². The van der Waals surface area contributed by atoms with Gasteiger partial charge in [0.05, 0.1) is 34.8 Å². The lowest BCUT2D eigenvalue weighted by molar-refractivity contribution is -0.182. The molecule has 33 heavy (non-hydrogen) atoms. The molecule has 0 spiro atoms. The number of benzene rings is 1. The lowest BCUT2D eigenvalue weighted by Gasteiger charge is -2.35. The van der Waals surface area contributed by atoms with Crippen molar-refractivity contribution in [1.82, 2.24) is 20.4 Å². The van der Waals surface area contributed by atoms with Crippen LogP contribution in [0.4, 0.5) is 0 Å². The Morgan fingerprint density at radius 2 is 2.12 bits per heavy atom. The highest BCUT2D eigenvalue weighted by molar-refractivity contribution is 7.19. The molecule has 0 bridgehead atoms. The molecule has 4 aromatic rings. The van der Waals surface area contributed by atoms with Crippen molar-refractivity contribution in [3.63, 3.8) is 0 Å². The summed E-state index contributed by atoms with van der Waals surface area (Å²) in [6.45, 7) is 2.21. The van der Waals surface area contributed by atoms with Gasteiger partial charge in [-0.2, -0.15) is 0 Å². The minimum absolute atomic E-state index is 0.266. The summed E-state index contributed by atoms with van der Waals surface area (Å²) in [5.74, 6) is 1.52. The van der Waals surface area contributed by atoms with Crippen molar-refractivity contribution >= 4 is 33.2 Å². The zero-order valence-electron chi connectivity index (χ0n) is 17.4. The number of hydrogen-bond acceptors (Lipinski definition) is 9. The predicted octanol–water partition coefficient (Wildman–Crippen LogP) is 3.54. The first kappa shape index (κ1) is 19.9. The number of rotatable bonds is 3. The number of nitrogens with zero attached hydrogens (tertiary/aromatic N) is 3. The highest BCUT2D eigenvalue weighted by Gasteiger charge is 2.40. The van der Waals surface area contributed by atoms with E-state index in [2.05, 4.69) is 20.4 Å². The van der Waals surface area contributed by atoms with E-state index in [1.165, 1.54) is 17.7 Å². The van der Waals surface area contributed by atoms with Crippen LogP contribution < -0.4 is 10.1 Å². The van der Waals surface area contributed by atoms with Gasteiger partial charge < -0.3 is 24.4 Å². The normalized spacial score (nSPS) is 20.8. The molecule has 3 aliphatic rings. The van der Waals surface area contributed by atoms with Crippen LogP contribution in [-0.4, -0.2) is 40.0 Å². The molecule has 10 heteroatoms. The summed E-state index contributed by atoms with van der Waals surface area (Å²) in [7, 11) is 0. The van der Waals surface area contributed by atoms with Gasteiger partial charge in [0.2, 0.25) is 0 Å². The van der Waals surface area contributed by atoms with Crippen LogP contribution in [0.2, 0.25) is 5.02 Å². The van der Waals surface area contributed by atoms with Crippen LogP contribution in [0, 0.1) is 0 Å². The molecule has 8 nitrogen and oxygen atoms in total. The fourth-order valence-electron chi connectivity index (χ4n) is 4.78. The van der Waals surface area contributed by atoms with Gasteiger partial charge in [-0.25, -0.2) is 9.97 Å². The van der Waals surface area contributed by atoms with E-state index < -0.39 is 5.60 Å². The van der Waals surface area contributed by atoms with E-state index in [0.717, 1.165) is 74.2 Å². The molecular weight excluding hydrogens is 464 g/mol. The van der Waals surface area contributed by atoms with Gasteiger partial charge in [0.25, 0.3) is 0 Å². The monoisotopic (exact) mass is 482 g/mol. The van der Waals surface area contributed by atoms with Crippen molar-refractivity contribution in [2.75, 3.05) is 19.8 Å². The van der Waals surface area contributed by atoms with Gasteiger partial charge in [0.1, 0.15) is 17.7 Å². The molecule has 0 amide bonds. The molecule has 168 valence electrons. The molecule has 6 heterocycles. The number of aliphatic hydroxyl groups is 1. The molecule has 3 aromatic heterocycles. The van der Waals surface area contributed by atoms with E-state index in [4.69, 9.17) is 25.6 Å². The number of ether oxygens (including phenoxy) is 2. The highest BCUT2D eigenvalue weighted by Crippen LogP contribution is 2.48. The molecule has 1 unspecified atom stereocenters. The van der Waals surface area contributed by atoms with Crippen LogP contribution >= 0.6 is 22.9 Å². The Balaban J connectivity index is 1.32. The van der Waals surface area contributed by atoms with Crippen molar-refractivity contribution in [1.29, 1.82) is 0 Å². The van der Waals surface area contributed by atoms with E-state index in [1.807, 2.05) is 18.2 Å². The maximum absolute atomic E-state index is 10.8. The minimum Gasteiger partial charge on any atom is -0.481 e. The standard InChI is InChI=1S/C23H19ClN4O4S/c24-12-3-11-4-17(21-14-7-25-2-1-15(14)28-32-21)31-20(11)13(5-12)19-22-16(26-10-27-19)6-18(33-22)23(29)8-30-9-23/h3,5-6,10,17,25,29H,1-2,4,7-9H2. The van der Waals surface area contributed by atoms with Gasteiger partial charge in [0, 0.05) is 52.5 Å². The van der Waals surface area contributed by atoms with Crippen LogP contribution in [-0.2, 0) is 29.7 Å². The third-order valence-corrected chi connectivity index (χ3v) is 8.08. The van der Waals surface area contributed by atoms with Crippen molar-refractivity contribution in [2.45, 2.75) is 31.1 Å². The van der Waals surface area contributed by atoms with Crippen molar-refractivity contribution < 1.29 is 19.1 Å². The highest BCUT2D eigenvalue weighted by atomic mass is 35.5. The van der Waals surface area contributed by atoms with Crippen LogP contribution in [0.25, 0.3) is 21.5 Å². The summed E-state index contributed by atoms with van der Waals surface area (Å²) in [4.78, 5) is 9.84. The molecule has 0 saturated carbocycles. The molecule has 2 N–H and O–H groups in total. The number of fused-ring (bicyclic) bond motifs is 3. The second kappa shape index (κ2) is 7.22. The van der Waals surface area contributed by atoms with Crippen LogP contribution in [0.3, 0.4) is 0 Å². The molecule has 1 saturated heterocycles. The van der Waals surface area contributed by atoms with Crippen LogP contribution in [0.5, 0.6) is 5.75 Å². The smallest absolute Gasteiger partial charge is 0.182 e. The van der Waals surface area contributed by atoms with Crippen molar-refractivity contribution in [2.24, 2.45) is 0 Å². The Morgan fingerprint density at radius 3 is 2.97 bits per heavy atom. The minimum atomic E-state index is -0.958. The first-order valence-corrected chi connectivity index (χ1v) is 12.0. The number of aromatic nitrogens is 3. The number of halogens is 1. The van der Waals surface area contributed by atoms with E-state index in [-0.39, 0.29) is 19.3 Å². The molecule has 1 fully saturated rings. The first-order valence-electron chi connectivity index (χ1n) is 10.8. The maximum atomic E-state index is 10.8. The van der Waals surface area contributed by atoms with Gasteiger partial charge in [-0.1, -0.05) is 16.8 Å². The molecule has 0 radical (unpaired) electrons. The summed E-state index contributed by atoms with van der Waals surface area (Å²) >= 11 is 8.01. The second-order valence-corrected chi connectivity index (χ2v) is 10.2. The zero-order chi connectivity index (χ0) is 22.2. The third kappa shape index (κ3) is 3.04. The SMILES string of the molecule is OC1(c2cc3ncnc(-c4cc(Cl)cc5c4OC(c4onc6c4CNCC6)C5)c3s2)COC1. The molecule has 3 aliphatic heterocycles. The van der Waals surface area contributed by atoms with Gasteiger partial charge in [-0.05, 0) is 18.2 Å². The Morgan fingerprint density at radius 1 is 1.21 bits per heavy atom. The summed E-state index contributed by atoms with van der Waals surface area (Å²) in [5.41, 5.74) is 4.47.